The first kappa shape index (κ1) is 18.8. The Balaban J connectivity index is 1.65. The minimum absolute atomic E-state index is 0.0598. The predicted molar refractivity (Wildman–Crippen MR) is 96.9 cm³/mol. The van der Waals surface area contributed by atoms with E-state index in [4.69, 9.17) is 11.6 Å². The van der Waals surface area contributed by atoms with Gasteiger partial charge in [-0.15, -0.1) is 0 Å². The molecule has 0 bridgehead atoms. The molecule has 1 N–H and O–H groups in total. The molecular formula is C19H27ClN2O2. The molecule has 1 heterocycles. The summed E-state index contributed by atoms with van der Waals surface area (Å²) >= 11 is 5.84. The second kappa shape index (κ2) is 9.07. The summed E-state index contributed by atoms with van der Waals surface area (Å²) in [5.74, 6) is 1.13. The molecule has 0 aromatic heterocycles. The lowest BCUT2D eigenvalue weighted by molar-refractivity contribution is -0.135. The van der Waals surface area contributed by atoms with Gasteiger partial charge >= 0.3 is 0 Å². The van der Waals surface area contributed by atoms with Crippen LogP contribution in [0.5, 0.6) is 0 Å². The highest BCUT2D eigenvalue weighted by molar-refractivity contribution is 6.30. The number of amides is 2. The molecule has 0 radical (unpaired) electrons. The Bertz CT molecular complexity index is 549. The standard InChI is InChI=1S/C19H27ClN2O2/c1-14-11-15(2)13-22(12-14)19(24)8-7-18(23)21-10-9-16-3-5-17(20)6-4-16/h3-6,14-15H,7-13H2,1-2H3,(H,21,23). The number of hydrogen-bond donors (Lipinski definition) is 1. The molecule has 2 unspecified atom stereocenters. The van der Waals surface area contributed by atoms with Gasteiger partial charge in [0, 0.05) is 37.5 Å². The largest absolute Gasteiger partial charge is 0.356 e. The van der Waals surface area contributed by atoms with Crippen molar-refractivity contribution in [2.75, 3.05) is 19.6 Å². The Morgan fingerprint density at radius 3 is 2.38 bits per heavy atom. The summed E-state index contributed by atoms with van der Waals surface area (Å²) in [6.07, 6.45) is 2.50. The van der Waals surface area contributed by atoms with Crippen LogP contribution in [0.2, 0.25) is 5.02 Å². The third-order valence-corrected chi connectivity index (χ3v) is 4.69. The maximum Gasteiger partial charge on any atom is 0.223 e. The molecule has 132 valence electrons. The molecule has 0 spiro atoms. The normalized spacial score (nSPS) is 20.7. The first-order valence-electron chi connectivity index (χ1n) is 8.73. The lowest BCUT2D eigenvalue weighted by Crippen LogP contribution is -2.42. The first-order valence-corrected chi connectivity index (χ1v) is 9.10. The van der Waals surface area contributed by atoms with Crippen molar-refractivity contribution in [1.82, 2.24) is 10.2 Å². The summed E-state index contributed by atoms with van der Waals surface area (Å²) in [4.78, 5) is 26.1. The Labute approximate surface area is 149 Å². The van der Waals surface area contributed by atoms with Gasteiger partial charge in [-0.1, -0.05) is 37.6 Å². The third kappa shape index (κ3) is 6.16. The molecule has 1 aromatic rings. The zero-order valence-electron chi connectivity index (χ0n) is 14.6. The molecule has 1 aliphatic rings. The van der Waals surface area contributed by atoms with Gasteiger partial charge in [0.05, 0.1) is 0 Å². The Kier molecular flexibility index (Phi) is 7.10. The van der Waals surface area contributed by atoms with Crippen LogP contribution < -0.4 is 5.32 Å². The van der Waals surface area contributed by atoms with Gasteiger partial charge in [0.15, 0.2) is 0 Å². The van der Waals surface area contributed by atoms with E-state index in [0.29, 0.717) is 29.8 Å². The molecular weight excluding hydrogens is 324 g/mol. The highest BCUT2D eigenvalue weighted by Gasteiger charge is 2.25. The molecule has 0 saturated carbocycles. The topological polar surface area (TPSA) is 49.4 Å². The zero-order chi connectivity index (χ0) is 17.5. The van der Waals surface area contributed by atoms with Crippen molar-refractivity contribution in [1.29, 1.82) is 0 Å². The fraction of sp³-hybridized carbons (Fsp3) is 0.579. The lowest BCUT2D eigenvalue weighted by atomic mass is 9.91. The summed E-state index contributed by atoms with van der Waals surface area (Å²) in [5, 5.41) is 3.59. The fourth-order valence-electron chi connectivity index (χ4n) is 3.33. The fourth-order valence-corrected chi connectivity index (χ4v) is 3.46. The highest BCUT2D eigenvalue weighted by atomic mass is 35.5. The predicted octanol–water partition coefficient (Wildman–Crippen LogP) is 3.28. The summed E-state index contributed by atoms with van der Waals surface area (Å²) in [5.41, 5.74) is 1.13. The van der Waals surface area contributed by atoms with Crippen molar-refractivity contribution in [3.8, 4) is 0 Å². The van der Waals surface area contributed by atoms with E-state index in [1.807, 2.05) is 29.2 Å². The second-order valence-corrected chi connectivity index (χ2v) is 7.41. The summed E-state index contributed by atoms with van der Waals surface area (Å²) in [7, 11) is 0. The number of carbonyl (C=O) groups is 2. The van der Waals surface area contributed by atoms with Crippen molar-refractivity contribution < 1.29 is 9.59 Å². The van der Waals surface area contributed by atoms with Crippen molar-refractivity contribution in [2.45, 2.75) is 39.5 Å². The van der Waals surface area contributed by atoms with Crippen molar-refractivity contribution in [3.63, 3.8) is 0 Å². The molecule has 5 heteroatoms. The second-order valence-electron chi connectivity index (χ2n) is 6.97. The van der Waals surface area contributed by atoms with E-state index in [0.717, 1.165) is 25.1 Å². The summed E-state index contributed by atoms with van der Waals surface area (Å²) < 4.78 is 0. The van der Waals surface area contributed by atoms with Crippen LogP contribution in [0.25, 0.3) is 0 Å². The van der Waals surface area contributed by atoms with Crippen LogP contribution >= 0.6 is 11.6 Å². The van der Waals surface area contributed by atoms with Crippen LogP contribution in [0.3, 0.4) is 0 Å². The first-order chi connectivity index (χ1) is 11.4. The molecule has 4 nitrogen and oxygen atoms in total. The van der Waals surface area contributed by atoms with Crippen molar-refractivity contribution in [3.05, 3.63) is 34.9 Å². The van der Waals surface area contributed by atoms with Gasteiger partial charge < -0.3 is 10.2 Å². The number of benzene rings is 1. The van der Waals surface area contributed by atoms with Crippen molar-refractivity contribution in [2.24, 2.45) is 11.8 Å². The van der Waals surface area contributed by atoms with E-state index in [1.54, 1.807) is 0 Å². The van der Waals surface area contributed by atoms with Gasteiger partial charge in [-0.3, -0.25) is 9.59 Å². The number of rotatable bonds is 6. The van der Waals surface area contributed by atoms with Gasteiger partial charge in [0.1, 0.15) is 0 Å². The van der Waals surface area contributed by atoms with Crippen LogP contribution in [-0.2, 0) is 16.0 Å². The number of likely N-dealkylation sites (tertiary alicyclic amines) is 1. The van der Waals surface area contributed by atoms with Gasteiger partial charge in [0.2, 0.25) is 11.8 Å². The lowest BCUT2D eigenvalue weighted by Gasteiger charge is -2.35. The number of nitrogens with zero attached hydrogens (tertiary/aromatic N) is 1. The molecule has 2 amide bonds. The average molecular weight is 351 g/mol. The molecule has 1 fully saturated rings. The smallest absolute Gasteiger partial charge is 0.223 e. The van der Waals surface area contributed by atoms with E-state index >= 15 is 0 Å². The molecule has 24 heavy (non-hydrogen) atoms. The minimum atomic E-state index is -0.0598. The van der Waals surface area contributed by atoms with Gasteiger partial charge in [0.25, 0.3) is 0 Å². The number of halogens is 1. The number of piperidine rings is 1. The summed E-state index contributed by atoms with van der Waals surface area (Å²) in [6.45, 7) is 6.58. The van der Waals surface area contributed by atoms with Crippen molar-refractivity contribution >= 4 is 23.4 Å². The molecule has 2 atom stereocenters. The maximum atomic E-state index is 12.3. The number of hydrogen-bond acceptors (Lipinski definition) is 2. The monoisotopic (exact) mass is 350 g/mol. The SMILES string of the molecule is CC1CC(C)CN(C(=O)CCC(=O)NCCc2ccc(Cl)cc2)C1. The summed E-state index contributed by atoms with van der Waals surface area (Å²) in [6, 6.07) is 7.60. The zero-order valence-corrected chi connectivity index (χ0v) is 15.3. The van der Waals surface area contributed by atoms with Crippen LogP contribution in [0, 0.1) is 11.8 Å². The van der Waals surface area contributed by atoms with E-state index < -0.39 is 0 Å². The van der Waals surface area contributed by atoms with Crippen LogP contribution in [0.15, 0.2) is 24.3 Å². The highest BCUT2D eigenvalue weighted by Crippen LogP contribution is 2.21. The minimum Gasteiger partial charge on any atom is -0.356 e. The molecule has 2 rings (SSSR count). The average Bonchev–Trinajstić information content (AvgIpc) is 2.53. The van der Waals surface area contributed by atoms with E-state index in [-0.39, 0.29) is 18.2 Å². The Hall–Kier alpha value is -1.55. The van der Waals surface area contributed by atoms with Gasteiger partial charge in [-0.2, -0.15) is 0 Å². The molecule has 1 aromatic carbocycles. The maximum absolute atomic E-state index is 12.3. The van der Waals surface area contributed by atoms with Crippen LogP contribution in [0.1, 0.15) is 38.7 Å². The van der Waals surface area contributed by atoms with Crippen LogP contribution in [-0.4, -0.2) is 36.3 Å². The van der Waals surface area contributed by atoms with Crippen LogP contribution in [0.4, 0.5) is 0 Å². The van der Waals surface area contributed by atoms with E-state index in [2.05, 4.69) is 19.2 Å². The molecule has 1 saturated heterocycles. The Morgan fingerprint density at radius 2 is 1.75 bits per heavy atom. The quantitative estimate of drug-likeness (QED) is 0.855. The van der Waals surface area contributed by atoms with Gasteiger partial charge in [-0.05, 0) is 42.4 Å². The van der Waals surface area contributed by atoms with E-state index in [9.17, 15) is 9.59 Å². The number of carbonyl (C=O) groups excluding carboxylic acids is 2. The molecule has 0 aliphatic carbocycles. The Morgan fingerprint density at radius 1 is 1.12 bits per heavy atom. The molecule has 1 aliphatic heterocycles. The number of nitrogens with one attached hydrogen (secondary N) is 1. The van der Waals surface area contributed by atoms with Gasteiger partial charge in [-0.25, -0.2) is 0 Å². The third-order valence-electron chi connectivity index (χ3n) is 4.44. The van der Waals surface area contributed by atoms with E-state index in [1.165, 1.54) is 6.42 Å².